The van der Waals surface area contributed by atoms with Gasteiger partial charge in [-0.05, 0) is 35.9 Å². The van der Waals surface area contributed by atoms with Crippen molar-refractivity contribution in [1.82, 2.24) is 9.78 Å². The number of nitrogens with zero attached hydrogens (tertiary/aromatic N) is 2. The van der Waals surface area contributed by atoms with E-state index in [1.54, 1.807) is 36.4 Å². The lowest BCUT2D eigenvalue weighted by Crippen LogP contribution is -2.26. The maximum absolute atomic E-state index is 13.3. The molecular weight excluding hydrogens is 337 g/mol. The van der Waals surface area contributed by atoms with Gasteiger partial charge in [-0.25, -0.2) is 9.07 Å². The molecule has 0 aliphatic heterocycles. The molecule has 0 aliphatic rings. The Morgan fingerprint density at radius 1 is 1.15 bits per heavy atom. The zero-order valence-corrected chi connectivity index (χ0v) is 14.0. The Morgan fingerprint density at radius 3 is 2.73 bits per heavy atom. The predicted octanol–water partition coefficient (Wildman–Crippen LogP) is 2.69. The summed E-state index contributed by atoms with van der Waals surface area (Å²) in [5.74, 6) is -0.263. The quantitative estimate of drug-likeness (QED) is 0.765. The van der Waals surface area contributed by atoms with E-state index in [1.165, 1.54) is 31.4 Å². The number of ether oxygens (including phenoxy) is 1. The highest BCUT2D eigenvalue weighted by molar-refractivity contribution is 6.02. The molecule has 0 bridgehead atoms. The second-order valence-corrected chi connectivity index (χ2v) is 5.53. The first kappa shape index (κ1) is 17.3. The number of amides is 1. The van der Waals surface area contributed by atoms with Crippen LogP contribution in [0.4, 0.5) is 10.1 Å². The molecule has 0 aliphatic carbocycles. The van der Waals surface area contributed by atoms with E-state index in [0.29, 0.717) is 17.0 Å². The van der Waals surface area contributed by atoms with Gasteiger partial charge in [-0.3, -0.25) is 9.59 Å². The van der Waals surface area contributed by atoms with Crippen LogP contribution < -0.4 is 15.6 Å². The third kappa shape index (κ3) is 4.13. The fourth-order valence-corrected chi connectivity index (χ4v) is 2.39. The summed E-state index contributed by atoms with van der Waals surface area (Å²) < 4.78 is 19.5. The molecule has 2 aromatic carbocycles. The van der Waals surface area contributed by atoms with E-state index < -0.39 is 11.7 Å². The largest absolute Gasteiger partial charge is 0.497 e. The van der Waals surface area contributed by atoms with E-state index in [9.17, 15) is 14.0 Å². The molecule has 0 atom stereocenters. The lowest BCUT2D eigenvalue weighted by atomic mass is 10.2. The van der Waals surface area contributed by atoms with Gasteiger partial charge in [-0.15, -0.1) is 0 Å². The summed E-state index contributed by atoms with van der Waals surface area (Å²) in [5.41, 5.74) is 0.806. The highest BCUT2D eigenvalue weighted by atomic mass is 19.1. The number of carbonyl (C=O) groups is 1. The van der Waals surface area contributed by atoms with Crippen LogP contribution in [0.2, 0.25) is 0 Å². The van der Waals surface area contributed by atoms with Crippen LogP contribution in [0.25, 0.3) is 0 Å². The second kappa shape index (κ2) is 7.60. The maximum atomic E-state index is 13.3. The van der Waals surface area contributed by atoms with Crippen molar-refractivity contribution in [2.45, 2.75) is 6.54 Å². The first-order valence-corrected chi connectivity index (χ1v) is 7.83. The number of aromatic nitrogens is 2. The minimum absolute atomic E-state index is 0.0663. The molecule has 1 N–H and O–H groups in total. The summed E-state index contributed by atoms with van der Waals surface area (Å²) in [6.07, 6.45) is 0. The standard InChI is InChI=1S/C19H16FN3O3/c1-26-16-7-3-6-15(11-16)21-19(25)17-8-9-18(24)23(22-17)12-13-4-2-5-14(20)10-13/h2-11H,12H2,1H3,(H,21,25). The van der Waals surface area contributed by atoms with E-state index in [0.717, 1.165) is 4.68 Å². The lowest BCUT2D eigenvalue weighted by Gasteiger charge is -2.09. The van der Waals surface area contributed by atoms with Crippen LogP contribution in [-0.2, 0) is 6.54 Å². The molecule has 6 nitrogen and oxygen atoms in total. The van der Waals surface area contributed by atoms with Crippen molar-refractivity contribution >= 4 is 11.6 Å². The van der Waals surface area contributed by atoms with Crippen LogP contribution in [-0.4, -0.2) is 22.8 Å². The lowest BCUT2D eigenvalue weighted by molar-refractivity contribution is 0.102. The number of halogens is 1. The first-order valence-electron chi connectivity index (χ1n) is 7.83. The Balaban J connectivity index is 1.82. The predicted molar refractivity (Wildman–Crippen MR) is 94.9 cm³/mol. The number of hydrogen-bond acceptors (Lipinski definition) is 4. The molecule has 0 saturated heterocycles. The zero-order chi connectivity index (χ0) is 18.5. The SMILES string of the molecule is COc1cccc(NC(=O)c2ccc(=O)n(Cc3cccc(F)c3)n2)c1. The summed E-state index contributed by atoms with van der Waals surface area (Å²) in [5, 5.41) is 6.77. The Bertz CT molecular complexity index is 1000. The van der Waals surface area contributed by atoms with Gasteiger partial charge in [0.25, 0.3) is 11.5 Å². The van der Waals surface area contributed by atoms with Crippen molar-refractivity contribution in [3.63, 3.8) is 0 Å². The molecule has 132 valence electrons. The third-order valence-corrected chi connectivity index (χ3v) is 3.65. The van der Waals surface area contributed by atoms with Gasteiger partial charge < -0.3 is 10.1 Å². The summed E-state index contributed by atoms with van der Waals surface area (Å²) in [6, 6.07) is 15.3. The van der Waals surface area contributed by atoms with E-state index in [4.69, 9.17) is 4.74 Å². The number of methoxy groups -OCH3 is 1. The van der Waals surface area contributed by atoms with Gasteiger partial charge in [0, 0.05) is 17.8 Å². The fourth-order valence-electron chi connectivity index (χ4n) is 2.39. The number of anilines is 1. The highest BCUT2D eigenvalue weighted by Crippen LogP contribution is 2.17. The van der Waals surface area contributed by atoms with E-state index in [1.807, 2.05) is 0 Å². The highest BCUT2D eigenvalue weighted by Gasteiger charge is 2.11. The number of carbonyl (C=O) groups excluding carboxylic acids is 1. The maximum Gasteiger partial charge on any atom is 0.276 e. The van der Waals surface area contributed by atoms with Crippen LogP contribution in [0, 0.1) is 5.82 Å². The minimum atomic E-state index is -0.466. The molecule has 26 heavy (non-hydrogen) atoms. The number of benzene rings is 2. The molecule has 7 heteroatoms. The first-order chi connectivity index (χ1) is 12.5. The Labute approximate surface area is 148 Å². The van der Waals surface area contributed by atoms with Crippen molar-refractivity contribution in [3.8, 4) is 5.75 Å². The molecule has 0 unspecified atom stereocenters. The van der Waals surface area contributed by atoms with Gasteiger partial charge >= 0.3 is 0 Å². The molecule has 0 radical (unpaired) electrons. The molecule has 0 saturated carbocycles. The van der Waals surface area contributed by atoms with Gasteiger partial charge in [-0.1, -0.05) is 18.2 Å². The molecule has 3 aromatic rings. The number of nitrogens with one attached hydrogen (secondary N) is 1. The second-order valence-electron chi connectivity index (χ2n) is 5.53. The van der Waals surface area contributed by atoms with Crippen molar-refractivity contribution in [2.75, 3.05) is 12.4 Å². The Kier molecular flexibility index (Phi) is 5.07. The average molecular weight is 353 g/mol. The monoisotopic (exact) mass is 353 g/mol. The molecule has 0 spiro atoms. The van der Waals surface area contributed by atoms with Crippen LogP contribution in [0.5, 0.6) is 5.75 Å². The smallest absolute Gasteiger partial charge is 0.276 e. The molecule has 1 aromatic heterocycles. The van der Waals surface area contributed by atoms with Gasteiger partial charge in [0.1, 0.15) is 17.3 Å². The molecule has 1 heterocycles. The molecular formula is C19H16FN3O3. The Hall–Kier alpha value is -3.48. The molecule has 0 fully saturated rings. The molecule has 3 rings (SSSR count). The number of hydrogen-bond donors (Lipinski definition) is 1. The molecule has 1 amide bonds. The number of rotatable bonds is 5. The van der Waals surface area contributed by atoms with Crippen LogP contribution >= 0.6 is 0 Å². The Morgan fingerprint density at radius 2 is 1.96 bits per heavy atom. The summed E-state index contributed by atoms with van der Waals surface area (Å²) >= 11 is 0. The van der Waals surface area contributed by atoms with Crippen molar-refractivity contribution in [3.05, 3.63) is 88.1 Å². The summed E-state index contributed by atoms with van der Waals surface area (Å²) in [7, 11) is 1.53. The van der Waals surface area contributed by atoms with E-state index in [2.05, 4.69) is 10.4 Å². The van der Waals surface area contributed by atoms with Crippen LogP contribution in [0.3, 0.4) is 0 Å². The fraction of sp³-hybridized carbons (Fsp3) is 0.105. The van der Waals surface area contributed by atoms with Crippen molar-refractivity contribution in [1.29, 1.82) is 0 Å². The van der Waals surface area contributed by atoms with Gasteiger partial charge in [0.05, 0.1) is 13.7 Å². The van der Waals surface area contributed by atoms with Gasteiger partial charge in [0.15, 0.2) is 0 Å². The topological polar surface area (TPSA) is 73.2 Å². The van der Waals surface area contributed by atoms with Crippen LogP contribution in [0.1, 0.15) is 16.1 Å². The minimum Gasteiger partial charge on any atom is -0.497 e. The van der Waals surface area contributed by atoms with Gasteiger partial charge in [0.2, 0.25) is 0 Å². The zero-order valence-electron chi connectivity index (χ0n) is 14.0. The van der Waals surface area contributed by atoms with Crippen LogP contribution in [0.15, 0.2) is 65.5 Å². The average Bonchev–Trinajstić information content (AvgIpc) is 2.63. The van der Waals surface area contributed by atoms with Gasteiger partial charge in [-0.2, -0.15) is 5.10 Å². The van der Waals surface area contributed by atoms with Crippen molar-refractivity contribution in [2.24, 2.45) is 0 Å². The normalized spacial score (nSPS) is 10.4. The third-order valence-electron chi connectivity index (χ3n) is 3.65. The van der Waals surface area contributed by atoms with Crippen molar-refractivity contribution < 1.29 is 13.9 Å². The van der Waals surface area contributed by atoms with E-state index >= 15 is 0 Å². The summed E-state index contributed by atoms with van der Waals surface area (Å²) in [6.45, 7) is 0.0663. The van der Waals surface area contributed by atoms with E-state index in [-0.39, 0.29) is 17.8 Å². The summed E-state index contributed by atoms with van der Waals surface area (Å²) in [4.78, 5) is 24.4.